The largest absolute Gasteiger partial charge is 0.494 e. The van der Waals surface area contributed by atoms with Gasteiger partial charge >= 0.3 is 0 Å². The van der Waals surface area contributed by atoms with Crippen LogP contribution >= 0.6 is 0 Å². The molecule has 2 rings (SSSR count). The van der Waals surface area contributed by atoms with Gasteiger partial charge in [-0.1, -0.05) is 19.9 Å². The average molecular weight is 340 g/mol. The Morgan fingerprint density at radius 2 is 1.64 bits per heavy atom. The predicted octanol–water partition coefficient (Wildman–Crippen LogP) is 4.78. The van der Waals surface area contributed by atoms with Crippen LogP contribution in [0.1, 0.15) is 31.4 Å². The lowest BCUT2D eigenvalue weighted by molar-refractivity contribution is -0.114. The minimum Gasteiger partial charge on any atom is -0.494 e. The summed E-state index contributed by atoms with van der Waals surface area (Å²) in [5.41, 5.74) is 4.00. The van der Waals surface area contributed by atoms with E-state index in [0.29, 0.717) is 5.92 Å². The van der Waals surface area contributed by atoms with Gasteiger partial charge in [-0.3, -0.25) is 4.79 Å². The number of amides is 1. The molecule has 2 aromatic rings. The van der Waals surface area contributed by atoms with Crippen molar-refractivity contribution >= 4 is 17.3 Å². The molecular formula is C21H28N2O2. The van der Waals surface area contributed by atoms with Gasteiger partial charge in [-0.25, -0.2) is 0 Å². The molecule has 0 fully saturated rings. The maximum atomic E-state index is 12.1. The van der Waals surface area contributed by atoms with Gasteiger partial charge in [0.25, 0.3) is 0 Å². The summed E-state index contributed by atoms with van der Waals surface area (Å²) in [5.74, 6) is 1.42. The number of hydrogen-bond donors (Lipinski definition) is 2. The zero-order valence-electron chi connectivity index (χ0n) is 15.6. The van der Waals surface area contributed by atoms with Gasteiger partial charge in [-0.05, 0) is 73.7 Å². The van der Waals surface area contributed by atoms with Crippen LogP contribution in [0.5, 0.6) is 5.75 Å². The number of rotatable bonds is 8. The van der Waals surface area contributed by atoms with Gasteiger partial charge in [0.05, 0.1) is 13.2 Å². The van der Waals surface area contributed by atoms with Crippen LogP contribution in [-0.2, 0) is 4.79 Å². The first-order valence-corrected chi connectivity index (χ1v) is 8.77. The van der Waals surface area contributed by atoms with Crippen LogP contribution in [0.25, 0.3) is 0 Å². The molecule has 0 bridgehead atoms. The number of ether oxygens (including phenoxy) is 1. The van der Waals surface area contributed by atoms with E-state index >= 15 is 0 Å². The molecule has 2 N–H and O–H groups in total. The number of anilines is 2. The third-order valence-electron chi connectivity index (χ3n) is 3.78. The lowest BCUT2D eigenvalue weighted by Crippen LogP contribution is -2.21. The predicted molar refractivity (Wildman–Crippen MR) is 104 cm³/mol. The van der Waals surface area contributed by atoms with E-state index in [0.717, 1.165) is 41.3 Å². The lowest BCUT2D eigenvalue weighted by atomic mass is 10.1. The first-order valence-electron chi connectivity index (χ1n) is 8.77. The van der Waals surface area contributed by atoms with Crippen molar-refractivity contribution in [2.45, 2.75) is 34.1 Å². The zero-order chi connectivity index (χ0) is 18.2. The third kappa shape index (κ3) is 6.87. The molecule has 0 saturated carbocycles. The van der Waals surface area contributed by atoms with Crippen molar-refractivity contribution < 1.29 is 9.53 Å². The van der Waals surface area contributed by atoms with E-state index < -0.39 is 0 Å². The van der Waals surface area contributed by atoms with Crippen molar-refractivity contribution in [2.24, 2.45) is 5.92 Å². The fourth-order valence-corrected chi connectivity index (χ4v) is 2.52. The second-order valence-electron chi connectivity index (χ2n) is 6.83. The Kier molecular flexibility index (Phi) is 6.87. The van der Waals surface area contributed by atoms with E-state index in [1.807, 2.05) is 50.2 Å². The van der Waals surface area contributed by atoms with Crippen LogP contribution in [0.3, 0.4) is 0 Å². The highest BCUT2D eigenvalue weighted by Crippen LogP contribution is 2.17. The molecule has 0 heterocycles. The molecule has 2 aromatic carbocycles. The fourth-order valence-electron chi connectivity index (χ4n) is 2.52. The fraction of sp³-hybridized carbons (Fsp3) is 0.381. The molecular weight excluding hydrogens is 312 g/mol. The topological polar surface area (TPSA) is 50.4 Å². The monoisotopic (exact) mass is 340 g/mol. The average Bonchev–Trinajstić information content (AvgIpc) is 2.53. The molecule has 0 saturated heterocycles. The summed E-state index contributed by atoms with van der Waals surface area (Å²) in [4.78, 5) is 12.1. The first-order chi connectivity index (χ1) is 11.9. The molecule has 0 spiro atoms. The molecule has 0 aromatic heterocycles. The van der Waals surface area contributed by atoms with Gasteiger partial charge in [-0.15, -0.1) is 0 Å². The lowest BCUT2D eigenvalue weighted by Gasteiger charge is -2.11. The van der Waals surface area contributed by atoms with E-state index in [4.69, 9.17) is 4.74 Å². The highest BCUT2D eigenvalue weighted by Gasteiger charge is 2.04. The van der Waals surface area contributed by atoms with Crippen LogP contribution in [0.2, 0.25) is 0 Å². The summed E-state index contributed by atoms with van der Waals surface area (Å²) in [6.07, 6.45) is 1.04. The summed E-state index contributed by atoms with van der Waals surface area (Å²) < 4.78 is 5.69. The van der Waals surface area contributed by atoms with Crippen LogP contribution in [0, 0.1) is 19.8 Å². The quantitative estimate of drug-likeness (QED) is 0.727. The van der Waals surface area contributed by atoms with Crippen molar-refractivity contribution in [1.29, 1.82) is 0 Å². The highest BCUT2D eigenvalue weighted by molar-refractivity contribution is 5.93. The van der Waals surface area contributed by atoms with E-state index in [1.54, 1.807) is 0 Å². The number of benzene rings is 2. The zero-order valence-corrected chi connectivity index (χ0v) is 15.6. The smallest absolute Gasteiger partial charge is 0.243 e. The Hall–Kier alpha value is -2.49. The molecule has 4 heteroatoms. The normalized spacial score (nSPS) is 10.6. The standard InChI is InChI=1S/C21H28N2O2/c1-15(2)9-10-25-20-7-5-18(6-8-20)22-14-21(24)23-19-12-16(3)11-17(4)13-19/h5-8,11-13,15,22H,9-10,14H2,1-4H3,(H,23,24). The first kappa shape index (κ1) is 18.8. The van der Waals surface area contributed by atoms with Gasteiger partial charge in [0, 0.05) is 11.4 Å². The van der Waals surface area contributed by atoms with Gasteiger partial charge < -0.3 is 15.4 Å². The summed E-state index contributed by atoms with van der Waals surface area (Å²) in [5, 5.41) is 6.05. The second kappa shape index (κ2) is 9.11. The van der Waals surface area contributed by atoms with E-state index in [1.165, 1.54) is 0 Å². The van der Waals surface area contributed by atoms with E-state index in [9.17, 15) is 4.79 Å². The summed E-state index contributed by atoms with van der Waals surface area (Å²) >= 11 is 0. The molecule has 1 amide bonds. The van der Waals surface area contributed by atoms with Crippen molar-refractivity contribution in [3.8, 4) is 5.75 Å². The molecule has 4 nitrogen and oxygen atoms in total. The minimum absolute atomic E-state index is 0.0674. The van der Waals surface area contributed by atoms with Crippen molar-refractivity contribution in [3.63, 3.8) is 0 Å². The van der Waals surface area contributed by atoms with Gasteiger partial charge in [-0.2, -0.15) is 0 Å². The Morgan fingerprint density at radius 1 is 1.00 bits per heavy atom. The molecule has 0 radical (unpaired) electrons. The summed E-state index contributed by atoms with van der Waals surface area (Å²) in [7, 11) is 0. The number of nitrogens with one attached hydrogen (secondary N) is 2. The molecule has 0 unspecified atom stereocenters. The maximum Gasteiger partial charge on any atom is 0.243 e. The molecule has 134 valence electrons. The number of carbonyl (C=O) groups is 1. The van der Waals surface area contributed by atoms with Gasteiger partial charge in [0.15, 0.2) is 0 Å². The highest BCUT2D eigenvalue weighted by atomic mass is 16.5. The van der Waals surface area contributed by atoms with Crippen molar-refractivity contribution in [1.82, 2.24) is 0 Å². The Morgan fingerprint density at radius 3 is 2.24 bits per heavy atom. The Labute approximate surface area is 150 Å². The number of hydrogen-bond acceptors (Lipinski definition) is 3. The maximum absolute atomic E-state index is 12.1. The van der Waals surface area contributed by atoms with Crippen LogP contribution in [-0.4, -0.2) is 19.1 Å². The van der Waals surface area contributed by atoms with Crippen molar-refractivity contribution in [3.05, 3.63) is 53.6 Å². The van der Waals surface area contributed by atoms with Crippen LogP contribution in [0.4, 0.5) is 11.4 Å². The van der Waals surface area contributed by atoms with Gasteiger partial charge in [0.2, 0.25) is 5.91 Å². The molecule has 0 aliphatic carbocycles. The minimum atomic E-state index is -0.0674. The molecule has 0 aliphatic rings. The molecule has 25 heavy (non-hydrogen) atoms. The van der Waals surface area contributed by atoms with Crippen LogP contribution in [0.15, 0.2) is 42.5 Å². The van der Waals surface area contributed by atoms with Crippen LogP contribution < -0.4 is 15.4 Å². The summed E-state index contributed by atoms with van der Waals surface area (Å²) in [6, 6.07) is 13.7. The SMILES string of the molecule is Cc1cc(C)cc(NC(=O)CNc2ccc(OCCC(C)C)cc2)c1. The van der Waals surface area contributed by atoms with Gasteiger partial charge in [0.1, 0.15) is 5.75 Å². The summed E-state index contributed by atoms with van der Waals surface area (Å²) in [6.45, 7) is 9.35. The Balaban J connectivity index is 1.79. The molecule has 0 aliphatic heterocycles. The third-order valence-corrected chi connectivity index (χ3v) is 3.78. The number of aryl methyl sites for hydroxylation is 2. The molecule has 0 atom stereocenters. The Bertz CT molecular complexity index is 673. The van der Waals surface area contributed by atoms with Crippen molar-refractivity contribution in [2.75, 3.05) is 23.8 Å². The van der Waals surface area contributed by atoms with E-state index in [-0.39, 0.29) is 12.5 Å². The van der Waals surface area contributed by atoms with E-state index in [2.05, 4.69) is 30.5 Å². The second-order valence-corrected chi connectivity index (χ2v) is 6.83. The number of carbonyl (C=O) groups excluding carboxylic acids is 1.